The first kappa shape index (κ1) is 12.2. The van der Waals surface area contributed by atoms with E-state index in [1.54, 1.807) is 0 Å². The van der Waals surface area contributed by atoms with Gasteiger partial charge in [-0.1, -0.05) is 32.5 Å². The van der Waals surface area contributed by atoms with Crippen molar-refractivity contribution in [3.05, 3.63) is 0 Å². The van der Waals surface area contributed by atoms with Crippen LogP contribution in [0.25, 0.3) is 0 Å². The molecule has 1 aliphatic rings. The van der Waals surface area contributed by atoms with E-state index in [-0.39, 0.29) is 0 Å². The van der Waals surface area contributed by atoms with Gasteiger partial charge >= 0.3 is 0 Å². The van der Waals surface area contributed by atoms with E-state index < -0.39 is 0 Å². The highest BCUT2D eigenvalue weighted by atomic mass is 32.2. The van der Waals surface area contributed by atoms with Crippen LogP contribution in [0.2, 0.25) is 0 Å². The maximum absolute atomic E-state index is 4.55. The van der Waals surface area contributed by atoms with Gasteiger partial charge in [0.15, 0.2) is 5.17 Å². The Bertz CT molecular complexity index is 214. The molecule has 0 saturated carbocycles. The fraction of sp³-hybridized carbons (Fsp3) is 0.900. The second-order valence-corrected chi connectivity index (χ2v) is 6.74. The molecule has 0 amide bonds. The largest absolute Gasteiger partial charge is 0.364 e. The molecule has 1 rings (SSSR count). The third kappa shape index (κ3) is 4.13. The summed E-state index contributed by atoms with van der Waals surface area (Å²) in [5.41, 5.74) is 0.376. The fourth-order valence-corrected chi connectivity index (χ4v) is 2.27. The lowest BCUT2D eigenvalue weighted by Crippen LogP contribution is -2.33. The Morgan fingerprint density at radius 2 is 2.36 bits per heavy atom. The zero-order valence-corrected chi connectivity index (χ0v) is 11.1. The molecule has 1 N–H and O–H groups in total. The number of hydrogen-bond acceptors (Lipinski definition) is 4. The van der Waals surface area contributed by atoms with Crippen molar-refractivity contribution in [1.29, 1.82) is 0 Å². The second-order valence-electron chi connectivity index (χ2n) is 4.50. The van der Waals surface area contributed by atoms with Crippen LogP contribution >= 0.6 is 23.5 Å². The highest BCUT2D eigenvalue weighted by Gasteiger charge is 2.23. The van der Waals surface area contributed by atoms with E-state index in [9.17, 15) is 0 Å². The van der Waals surface area contributed by atoms with Gasteiger partial charge in [0.25, 0.3) is 0 Å². The van der Waals surface area contributed by atoms with Crippen LogP contribution in [0.3, 0.4) is 0 Å². The van der Waals surface area contributed by atoms with Crippen molar-refractivity contribution in [3.63, 3.8) is 0 Å². The topological polar surface area (TPSA) is 24.4 Å². The van der Waals surface area contributed by atoms with E-state index in [0.717, 1.165) is 18.3 Å². The molecular weight excluding hydrogens is 212 g/mol. The molecule has 1 unspecified atom stereocenters. The maximum atomic E-state index is 4.55. The first-order valence-corrected chi connectivity index (χ1v) is 7.25. The molecule has 4 heteroatoms. The van der Waals surface area contributed by atoms with Gasteiger partial charge in [-0.25, -0.2) is 0 Å². The number of nitrogens with one attached hydrogen (secondary N) is 1. The predicted octanol–water partition coefficient (Wildman–Crippen LogP) is 2.46. The van der Waals surface area contributed by atoms with Crippen LogP contribution in [0.1, 0.15) is 20.8 Å². The minimum absolute atomic E-state index is 0.376. The van der Waals surface area contributed by atoms with Crippen molar-refractivity contribution in [3.8, 4) is 0 Å². The number of rotatable bonds is 3. The van der Waals surface area contributed by atoms with Gasteiger partial charge in [-0.2, -0.15) is 11.8 Å². The summed E-state index contributed by atoms with van der Waals surface area (Å²) in [6, 6.07) is 0. The van der Waals surface area contributed by atoms with E-state index in [2.05, 4.69) is 37.3 Å². The normalized spacial score (nSPS) is 22.7. The number of nitrogens with zero attached hydrogens (tertiary/aromatic N) is 1. The van der Waals surface area contributed by atoms with E-state index >= 15 is 0 Å². The van der Waals surface area contributed by atoms with Crippen LogP contribution < -0.4 is 5.32 Å². The van der Waals surface area contributed by atoms with Crippen molar-refractivity contribution in [2.75, 3.05) is 25.1 Å². The van der Waals surface area contributed by atoms with Gasteiger partial charge in [-0.15, -0.1) is 0 Å². The summed E-state index contributed by atoms with van der Waals surface area (Å²) in [6.45, 7) is 8.74. The minimum Gasteiger partial charge on any atom is -0.364 e. The Labute approximate surface area is 95.7 Å². The van der Waals surface area contributed by atoms with Crippen LogP contribution in [0.5, 0.6) is 0 Å². The zero-order chi connectivity index (χ0) is 10.6. The lowest BCUT2D eigenvalue weighted by atomic mass is 9.97. The van der Waals surface area contributed by atoms with Gasteiger partial charge < -0.3 is 5.32 Å². The molecule has 1 atom stereocenters. The Kier molecular flexibility index (Phi) is 4.64. The van der Waals surface area contributed by atoms with Crippen molar-refractivity contribution in [1.82, 2.24) is 5.32 Å². The van der Waals surface area contributed by atoms with Gasteiger partial charge in [0.1, 0.15) is 0 Å². The van der Waals surface area contributed by atoms with Crippen LogP contribution in [0.15, 0.2) is 4.99 Å². The van der Waals surface area contributed by atoms with Crippen molar-refractivity contribution in [2.24, 2.45) is 10.4 Å². The molecular formula is C10H20N2S2. The first-order chi connectivity index (χ1) is 6.53. The summed E-state index contributed by atoms with van der Waals surface area (Å²) >= 11 is 3.74. The molecule has 0 bridgehead atoms. The third-order valence-corrected chi connectivity index (χ3v) is 4.64. The van der Waals surface area contributed by atoms with Gasteiger partial charge in [0.2, 0.25) is 0 Å². The summed E-state index contributed by atoms with van der Waals surface area (Å²) in [7, 11) is 0. The summed E-state index contributed by atoms with van der Waals surface area (Å²) in [5.74, 6) is 1.17. The minimum atomic E-state index is 0.376. The van der Waals surface area contributed by atoms with Crippen LogP contribution in [0.4, 0.5) is 0 Å². The highest BCUT2D eigenvalue weighted by Crippen LogP contribution is 2.26. The number of amidine groups is 1. The molecule has 0 aromatic heterocycles. The molecule has 0 aromatic carbocycles. The summed E-state index contributed by atoms with van der Waals surface area (Å²) in [5, 5.41) is 5.19. The van der Waals surface area contributed by atoms with Crippen molar-refractivity contribution < 1.29 is 0 Å². The van der Waals surface area contributed by atoms with Gasteiger partial charge in [0, 0.05) is 24.1 Å². The maximum Gasteiger partial charge on any atom is 0.156 e. The SMILES string of the molecule is CSC(C)CNC1=NCC(C)(C)CS1. The summed E-state index contributed by atoms with van der Waals surface area (Å²) in [4.78, 5) is 4.55. The zero-order valence-electron chi connectivity index (χ0n) is 9.46. The molecule has 2 nitrogen and oxygen atoms in total. The first-order valence-electron chi connectivity index (χ1n) is 4.97. The molecule has 14 heavy (non-hydrogen) atoms. The summed E-state index contributed by atoms with van der Waals surface area (Å²) in [6.07, 6.45) is 2.14. The lowest BCUT2D eigenvalue weighted by Gasteiger charge is -2.27. The van der Waals surface area contributed by atoms with Crippen molar-refractivity contribution >= 4 is 28.7 Å². The summed E-state index contributed by atoms with van der Waals surface area (Å²) < 4.78 is 0. The van der Waals surface area contributed by atoms with Crippen LogP contribution in [0, 0.1) is 5.41 Å². The smallest absolute Gasteiger partial charge is 0.156 e. The Morgan fingerprint density at radius 1 is 1.64 bits per heavy atom. The van der Waals surface area contributed by atoms with E-state index in [1.165, 1.54) is 5.75 Å². The molecule has 0 aromatic rings. The van der Waals surface area contributed by atoms with E-state index in [4.69, 9.17) is 0 Å². The molecule has 0 fully saturated rings. The number of thioether (sulfide) groups is 2. The van der Waals surface area contributed by atoms with Crippen LogP contribution in [-0.2, 0) is 0 Å². The molecule has 0 radical (unpaired) electrons. The van der Waals surface area contributed by atoms with Gasteiger partial charge in [0.05, 0.1) is 0 Å². The monoisotopic (exact) mass is 232 g/mol. The van der Waals surface area contributed by atoms with E-state index in [0.29, 0.717) is 10.7 Å². The van der Waals surface area contributed by atoms with Gasteiger partial charge in [-0.3, -0.25) is 4.99 Å². The van der Waals surface area contributed by atoms with Gasteiger partial charge in [-0.05, 0) is 11.7 Å². The standard InChI is InChI=1S/C10H20N2S2/c1-8(13-4)5-11-9-12-6-10(2,3)7-14-9/h8H,5-7H2,1-4H3,(H,11,12). The third-order valence-electron chi connectivity index (χ3n) is 2.19. The molecule has 0 aliphatic carbocycles. The molecule has 82 valence electrons. The molecule has 1 aliphatic heterocycles. The second kappa shape index (κ2) is 5.31. The average molecular weight is 232 g/mol. The highest BCUT2D eigenvalue weighted by molar-refractivity contribution is 8.13. The lowest BCUT2D eigenvalue weighted by molar-refractivity contribution is 0.437. The van der Waals surface area contributed by atoms with Crippen LogP contribution in [-0.4, -0.2) is 35.5 Å². The Balaban J connectivity index is 2.30. The fourth-order valence-electron chi connectivity index (χ4n) is 1.06. The Morgan fingerprint density at radius 3 is 2.86 bits per heavy atom. The molecule has 0 saturated heterocycles. The quantitative estimate of drug-likeness (QED) is 0.809. The number of aliphatic imine (C=N–C) groups is 1. The van der Waals surface area contributed by atoms with Crippen molar-refractivity contribution in [2.45, 2.75) is 26.0 Å². The number of hydrogen-bond donors (Lipinski definition) is 1. The van der Waals surface area contributed by atoms with E-state index in [1.807, 2.05) is 23.5 Å². The molecule has 1 heterocycles. The average Bonchev–Trinajstić information content (AvgIpc) is 2.16. The predicted molar refractivity (Wildman–Crippen MR) is 69.5 cm³/mol. The Hall–Kier alpha value is 0.170. The molecule has 0 spiro atoms.